The molecule has 0 radical (unpaired) electrons. The second-order valence-corrected chi connectivity index (χ2v) is 8.73. The summed E-state index contributed by atoms with van der Waals surface area (Å²) in [6, 6.07) is 15.8. The van der Waals surface area contributed by atoms with E-state index in [2.05, 4.69) is 34.1 Å². The molecule has 3 aromatic heterocycles. The van der Waals surface area contributed by atoms with Gasteiger partial charge in [-0.2, -0.15) is 0 Å². The number of H-pyrrole nitrogens is 1. The number of esters is 3. The number of aryl methyl sites for hydroxylation is 2. The minimum atomic E-state index is -0.337. The number of rotatable bonds is 3. The number of nitrogens with one attached hydrogen (secondary N) is 1. The smallest absolute Gasteiger partial charge is 0.337 e. The maximum absolute atomic E-state index is 11.2. The molecule has 0 spiro atoms. The second-order valence-electron chi connectivity index (χ2n) is 8.73. The SMILES string of the molecule is COC(=O)c1ccc2nc[nH]c2c1.COC(=O)c1ccc2ncn(C)c2c1.COC(=O)c1ccc2ncn(C)c2c1. The number of benzene rings is 3. The molecule has 3 heterocycles. The number of aromatic amines is 1. The van der Waals surface area contributed by atoms with E-state index in [-0.39, 0.29) is 17.9 Å². The number of carbonyl (C=O) groups is 3. The van der Waals surface area contributed by atoms with Crippen LogP contribution in [0.25, 0.3) is 33.1 Å². The van der Waals surface area contributed by atoms with Gasteiger partial charge in [0.2, 0.25) is 0 Å². The summed E-state index contributed by atoms with van der Waals surface area (Å²) in [7, 11) is 7.87. The molecule has 1 N–H and O–H groups in total. The highest BCUT2D eigenvalue weighted by molar-refractivity contribution is 5.95. The first-order chi connectivity index (χ1) is 19.7. The van der Waals surface area contributed by atoms with Crippen molar-refractivity contribution in [2.75, 3.05) is 21.3 Å². The summed E-state index contributed by atoms with van der Waals surface area (Å²) >= 11 is 0. The molecule has 41 heavy (non-hydrogen) atoms. The van der Waals surface area contributed by atoms with Gasteiger partial charge in [-0.1, -0.05) is 0 Å². The number of carbonyl (C=O) groups excluding carboxylic acids is 3. The summed E-state index contributed by atoms with van der Waals surface area (Å²) in [5, 5.41) is 0. The molecule has 0 fully saturated rings. The van der Waals surface area contributed by atoms with Crippen LogP contribution < -0.4 is 0 Å². The zero-order valence-corrected chi connectivity index (χ0v) is 23.1. The fourth-order valence-electron chi connectivity index (χ4n) is 3.92. The van der Waals surface area contributed by atoms with Gasteiger partial charge < -0.3 is 28.3 Å². The summed E-state index contributed by atoms with van der Waals surface area (Å²) in [5.41, 5.74) is 6.89. The molecule has 0 aliphatic rings. The second kappa shape index (κ2) is 12.6. The fourth-order valence-corrected chi connectivity index (χ4v) is 3.92. The van der Waals surface area contributed by atoms with Crippen LogP contribution in [0.4, 0.5) is 0 Å². The molecule has 0 amide bonds. The lowest BCUT2D eigenvalue weighted by Crippen LogP contribution is -2.00. The average Bonchev–Trinajstić information content (AvgIpc) is 3.74. The first kappa shape index (κ1) is 28.5. The lowest BCUT2D eigenvalue weighted by molar-refractivity contribution is 0.0592. The van der Waals surface area contributed by atoms with Crippen molar-refractivity contribution >= 4 is 51.0 Å². The van der Waals surface area contributed by atoms with E-state index >= 15 is 0 Å². The molecule has 12 heteroatoms. The minimum Gasteiger partial charge on any atom is -0.465 e. The lowest BCUT2D eigenvalue weighted by atomic mass is 10.2. The van der Waals surface area contributed by atoms with Crippen LogP contribution in [-0.4, -0.2) is 68.3 Å². The third-order valence-corrected chi connectivity index (χ3v) is 6.13. The van der Waals surface area contributed by atoms with E-state index in [1.807, 2.05) is 35.4 Å². The van der Waals surface area contributed by atoms with E-state index in [1.165, 1.54) is 21.3 Å². The minimum absolute atomic E-state index is 0.326. The van der Waals surface area contributed by atoms with Crippen molar-refractivity contribution in [3.05, 3.63) is 90.3 Å². The Morgan fingerprint density at radius 3 is 1.46 bits per heavy atom. The van der Waals surface area contributed by atoms with Gasteiger partial charge in [-0.15, -0.1) is 0 Å². The predicted molar refractivity (Wildman–Crippen MR) is 152 cm³/mol. The molecule has 6 aromatic rings. The largest absolute Gasteiger partial charge is 0.465 e. The summed E-state index contributed by atoms with van der Waals surface area (Å²) in [4.78, 5) is 48.9. The molecule has 12 nitrogen and oxygen atoms in total. The molecule has 0 aliphatic carbocycles. The van der Waals surface area contributed by atoms with Crippen LogP contribution in [0.1, 0.15) is 31.1 Å². The Hall–Kier alpha value is -5.52. The zero-order valence-electron chi connectivity index (χ0n) is 23.1. The standard InChI is InChI=1S/2C10H10N2O2.C9H8N2O2/c2*1-12-6-11-8-4-3-7(5-9(8)12)10(13)14-2;1-13-9(12)6-2-3-7-8(4-6)11-5-10-7/h2*3-6H,1-2H3;2-5H,1H3,(H,10,11). The van der Waals surface area contributed by atoms with E-state index in [4.69, 9.17) is 0 Å². The normalized spacial score (nSPS) is 10.4. The summed E-state index contributed by atoms with van der Waals surface area (Å²) in [6.45, 7) is 0. The van der Waals surface area contributed by atoms with Crippen molar-refractivity contribution in [2.45, 2.75) is 0 Å². The van der Waals surface area contributed by atoms with Gasteiger partial charge in [-0.3, -0.25) is 0 Å². The van der Waals surface area contributed by atoms with Gasteiger partial charge in [0.1, 0.15) is 0 Å². The monoisotopic (exact) mass is 556 g/mol. The molecule has 0 aliphatic heterocycles. The Morgan fingerprint density at radius 1 is 0.610 bits per heavy atom. The van der Waals surface area contributed by atoms with Crippen molar-refractivity contribution in [1.82, 2.24) is 29.1 Å². The van der Waals surface area contributed by atoms with Crippen molar-refractivity contribution in [1.29, 1.82) is 0 Å². The number of aromatic nitrogens is 6. The van der Waals surface area contributed by atoms with Gasteiger partial charge in [-0.25, -0.2) is 29.3 Å². The van der Waals surface area contributed by atoms with Crippen molar-refractivity contribution in [2.24, 2.45) is 14.1 Å². The van der Waals surface area contributed by atoms with Crippen molar-refractivity contribution in [3.8, 4) is 0 Å². The summed E-state index contributed by atoms with van der Waals surface area (Å²) < 4.78 is 17.6. The van der Waals surface area contributed by atoms with Crippen LogP contribution in [0.3, 0.4) is 0 Å². The summed E-state index contributed by atoms with van der Waals surface area (Å²) in [5.74, 6) is -0.988. The topological polar surface area (TPSA) is 143 Å². The maximum Gasteiger partial charge on any atom is 0.337 e. The van der Waals surface area contributed by atoms with Crippen molar-refractivity contribution in [3.63, 3.8) is 0 Å². The molecule has 0 unspecified atom stereocenters. The molecule has 0 saturated carbocycles. The van der Waals surface area contributed by atoms with Gasteiger partial charge >= 0.3 is 17.9 Å². The number of imidazole rings is 3. The van der Waals surface area contributed by atoms with E-state index in [0.717, 1.165) is 33.1 Å². The molecule has 6 rings (SSSR count). The van der Waals surface area contributed by atoms with E-state index < -0.39 is 0 Å². The van der Waals surface area contributed by atoms with Crippen LogP contribution in [0, 0.1) is 0 Å². The Morgan fingerprint density at radius 2 is 1.02 bits per heavy atom. The Kier molecular flexibility index (Phi) is 8.72. The van der Waals surface area contributed by atoms with Crippen LogP contribution in [0.15, 0.2) is 73.6 Å². The van der Waals surface area contributed by atoms with Gasteiger partial charge in [0.05, 0.1) is 90.1 Å². The van der Waals surface area contributed by atoms with Gasteiger partial charge in [0.25, 0.3) is 0 Å². The van der Waals surface area contributed by atoms with Crippen molar-refractivity contribution < 1.29 is 28.6 Å². The molecular weight excluding hydrogens is 528 g/mol. The van der Waals surface area contributed by atoms with Gasteiger partial charge in [0, 0.05) is 14.1 Å². The quantitative estimate of drug-likeness (QED) is 0.252. The lowest BCUT2D eigenvalue weighted by Gasteiger charge is -1.99. The molecule has 3 aromatic carbocycles. The fraction of sp³-hybridized carbons (Fsp3) is 0.172. The zero-order chi connectivity index (χ0) is 29.5. The molecule has 0 bridgehead atoms. The number of hydrogen-bond acceptors (Lipinski definition) is 9. The highest BCUT2D eigenvalue weighted by Crippen LogP contribution is 2.15. The van der Waals surface area contributed by atoms with E-state index in [9.17, 15) is 14.4 Å². The van der Waals surface area contributed by atoms with Crippen LogP contribution in [-0.2, 0) is 28.3 Å². The predicted octanol–water partition coefficient (Wildman–Crippen LogP) is 4.07. The molecule has 210 valence electrons. The van der Waals surface area contributed by atoms with Crippen LogP contribution >= 0.6 is 0 Å². The number of methoxy groups -OCH3 is 3. The van der Waals surface area contributed by atoms with Gasteiger partial charge in [-0.05, 0) is 54.6 Å². The highest BCUT2D eigenvalue weighted by Gasteiger charge is 2.09. The molecular formula is C29H28N6O6. The third kappa shape index (κ3) is 6.38. The Bertz CT molecular complexity index is 1760. The third-order valence-electron chi connectivity index (χ3n) is 6.13. The average molecular weight is 557 g/mol. The first-order valence-corrected chi connectivity index (χ1v) is 12.3. The number of ether oxygens (including phenoxy) is 3. The Labute approximate surface area is 234 Å². The first-order valence-electron chi connectivity index (χ1n) is 12.3. The summed E-state index contributed by atoms with van der Waals surface area (Å²) in [6.07, 6.45) is 5.02. The maximum atomic E-state index is 11.2. The Balaban J connectivity index is 0.000000142. The van der Waals surface area contributed by atoms with E-state index in [1.54, 1.807) is 61.4 Å². The molecule has 0 saturated heterocycles. The number of nitrogens with zero attached hydrogens (tertiary/aromatic N) is 5. The highest BCUT2D eigenvalue weighted by atomic mass is 16.5. The van der Waals surface area contributed by atoms with Gasteiger partial charge in [0.15, 0.2) is 0 Å². The van der Waals surface area contributed by atoms with E-state index in [0.29, 0.717) is 16.7 Å². The number of hydrogen-bond donors (Lipinski definition) is 1. The number of fused-ring (bicyclic) bond motifs is 3. The van der Waals surface area contributed by atoms with Crippen LogP contribution in [0.2, 0.25) is 0 Å². The van der Waals surface area contributed by atoms with Crippen LogP contribution in [0.5, 0.6) is 0 Å². The molecule has 0 atom stereocenters.